The molecule has 2 N–H and O–H groups in total. The molecule has 0 radical (unpaired) electrons. The molecule has 0 saturated carbocycles. The molecule has 0 aliphatic carbocycles. The van der Waals surface area contributed by atoms with Crippen LogP contribution in [0.1, 0.15) is 5.56 Å². The Morgan fingerprint density at radius 2 is 2.05 bits per heavy atom. The molecule has 0 aliphatic rings. The highest BCUT2D eigenvalue weighted by molar-refractivity contribution is 7.93. The number of rotatable bonds is 6. The first-order valence-corrected chi connectivity index (χ1v) is 6.85. The van der Waals surface area contributed by atoms with Gasteiger partial charge in [-0.15, -0.1) is 0 Å². The van der Waals surface area contributed by atoms with Gasteiger partial charge in [-0.2, -0.15) is 0 Å². The standard InChI is InChI=1S/C11H13NO6S/c1-18-11(15)7-19(16,17)12-9-4-2-3-8(5-9)6-10(13)14/h2-5,12H,6-7H2,1H3,(H,13,14). The van der Waals surface area contributed by atoms with Crippen LogP contribution >= 0.6 is 0 Å². The lowest BCUT2D eigenvalue weighted by Crippen LogP contribution is -2.23. The summed E-state index contributed by atoms with van der Waals surface area (Å²) in [5, 5.41) is 8.64. The molecule has 0 unspecified atom stereocenters. The van der Waals surface area contributed by atoms with Crippen molar-refractivity contribution in [3.8, 4) is 0 Å². The Labute approximate surface area is 110 Å². The van der Waals surface area contributed by atoms with Gasteiger partial charge in [0.25, 0.3) is 0 Å². The van der Waals surface area contributed by atoms with Crippen molar-refractivity contribution in [3.05, 3.63) is 29.8 Å². The third kappa shape index (κ3) is 5.38. The number of carbonyl (C=O) groups is 2. The molecule has 0 heterocycles. The second kappa shape index (κ2) is 6.19. The molecule has 1 rings (SSSR count). The number of aliphatic carboxylic acids is 1. The van der Waals surface area contributed by atoms with E-state index in [1.165, 1.54) is 18.2 Å². The zero-order valence-corrected chi connectivity index (χ0v) is 10.9. The highest BCUT2D eigenvalue weighted by Crippen LogP contribution is 2.13. The molecule has 8 heteroatoms. The van der Waals surface area contributed by atoms with Gasteiger partial charge in [-0.1, -0.05) is 12.1 Å². The number of hydrogen-bond acceptors (Lipinski definition) is 5. The van der Waals surface area contributed by atoms with E-state index in [9.17, 15) is 18.0 Å². The number of carbonyl (C=O) groups excluding carboxylic acids is 1. The monoisotopic (exact) mass is 287 g/mol. The molecule has 0 fully saturated rings. The van der Waals surface area contributed by atoms with Crippen molar-refractivity contribution < 1.29 is 27.9 Å². The van der Waals surface area contributed by atoms with E-state index >= 15 is 0 Å². The fourth-order valence-corrected chi connectivity index (χ4v) is 2.34. The van der Waals surface area contributed by atoms with Crippen molar-refractivity contribution in [3.63, 3.8) is 0 Å². The Bertz CT molecular complexity index is 581. The number of carboxylic acid groups (broad SMARTS) is 1. The average molecular weight is 287 g/mol. The Kier molecular flexibility index (Phi) is 4.87. The Morgan fingerprint density at radius 3 is 2.63 bits per heavy atom. The van der Waals surface area contributed by atoms with Crippen LogP contribution in [0.2, 0.25) is 0 Å². The van der Waals surface area contributed by atoms with E-state index in [-0.39, 0.29) is 12.1 Å². The fourth-order valence-electron chi connectivity index (χ4n) is 1.35. The van der Waals surface area contributed by atoms with Gasteiger partial charge in [0.2, 0.25) is 10.0 Å². The van der Waals surface area contributed by atoms with Gasteiger partial charge < -0.3 is 9.84 Å². The lowest BCUT2D eigenvalue weighted by atomic mass is 10.1. The highest BCUT2D eigenvalue weighted by Gasteiger charge is 2.17. The predicted molar refractivity (Wildman–Crippen MR) is 67.2 cm³/mol. The minimum atomic E-state index is -3.86. The van der Waals surface area contributed by atoms with Crippen LogP contribution in [0.3, 0.4) is 0 Å². The number of benzene rings is 1. The van der Waals surface area contributed by atoms with Gasteiger partial charge in [0.05, 0.1) is 13.5 Å². The van der Waals surface area contributed by atoms with Gasteiger partial charge in [-0.05, 0) is 17.7 Å². The number of anilines is 1. The summed E-state index contributed by atoms with van der Waals surface area (Å²) in [5.41, 5.74) is 0.647. The van der Waals surface area contributed by atoms with Gasteiger partial charge in [0.1, 0.15) is 0 Å². The van der Waals surface area contributed by atoms with Crippen LogP contribution < -0.4 is 4.72 Å². The Hall–Kier alpha value is -2.09. The third-order valence-corrected chi connectivity index (χ3v) is 3.25. The van der Waals surface area contributed by atoms with Crippen molar-refractivity contribution in [1.29, 1.82) is 0 Å². The second-order valence-electron chi connectivity index (χ2n) is 3.71. The molecule has 0 spiro atoms. The smallest absolute Gasteiger partial charge is 0.322 e. The Balaban J connectivity index is 2.82. The molecule has 0 bridgehead atoms. The molecule has 19 heavy (non-hydrogen) atoms. The summed E-state index contributed by atoms with van der Waals surface area (Å²) in [5.74, 6) is -2.70. The zero-order valence-electron chi connectivity index (χ0n) is 10.1. The summed E-state index contributed by atoms with van der Waals surface area (Å²) in [4.78, 5) is 21.5. The van der Waals surface area contributed by atoms with Crippen LogP contribution in [0, 0.1) is 0 Å². The summed E-state index contributed by atoms with van der Waals surface area (Å²) in [6.07, 6.45) is -0.216. The van der Waals surface area contributed by atoms with Crippen molar-refractivity contribution in [1.82, 2.24) is 0 Å². The van der Waals surface area contributed by atoms with Crippen LogP contribution in [0.15, 0.2) is 24.3 Å². The maximum absolute atomic E-state index is 11.6. The molecule has 0 saturated heterocycles. The molecular weight excluding hydrogens is 274 g/mol. The van der Waals surface area contributed by atoms with E-state index in [0.717, 1.165) is 7.11 Å². The van der Waals surface area contributed by atoms with Crippen LogP contribution in [0.5, 0.6) is 0 Å². The van der Waals surface area contributed by atoms with Gasteiger partial charge in [-0.25, -0.2) is 8.42 Å². The minimum absolute atomic E-state index is 0.197. The van der Waals surface area contributed by atoms with E-state index in [2.05, 4.69) is 9.46 Å². The first kappa shape index (κ1) is 15.0. The molecule has 0 atom stereocenters. The van der Waals surface area contributed by atoms with Crippen LogP contribution in [-0.4, -0.2) is 38.3 Å². The fraction of sp³-hybridized carbons (Fsp3) is 0.273. The van der Waals surface area contributed by atoms with Gasteiger partial charge in [-0.3, -0.25) is 14.3 Å². The molecule has 7 nitrogen and oxygen atoms in total. The number of sulfonamides is 1. The second-order valence-corrected chi connectivity index (χ2v) is 5.43. The van der Waals surface area contributed by atoms with Crippen LogP contribution in [-0.2, 0) is 30.8 Å². The lowest BCUT2D eigenvalue weighted by molar-refractivity contribution is -0.138. The van der Waals surface area contributed by atoms with Crippen LogP contribution in [0.4, 0.5) is 5.69 Å². The summed E-state index contributed by atoms with van der Waals surface area (Å²) in [7, 11) is -2.77. The topological polar surface area (TPSA) is 110 Å². The maximum Gasteiger partial charge on any atom is 0.322 e. The molecular formula is C11H13NO6S. The predicted octanol–water partition coefficient (Wildman–Crippen LogP) is 0.228. The maximum atomic E-state index is 11.6. The third-order valence-electron chi connectivity index (χ3n) is 2.09. The lowest BCUT2D eigenvalue weighted by Gasteiger charge is -2.08. The zero-order chi connectivity index (χ0) is 14.5. The summed E-state index contributed by atoms with van der Waals surface area (Å²) >= 11 is 0. The quantitative estimate of drug-likeness (QED) is 0.725. The molecule has 0 amide bonds. The van der Waals surface area contributed by atoms with Gasteiger partial charge in [0.15, 0.2) is 5.75 Å². The van der Waals surface area contributed by atoms with E-state index in [0.29, 0.717) is 5.56 Å². The normalized spacial score (nSPS) is 10.8. The molecule has 0 aliphatic heterocycles. The van der Waals surface area contributed by atoms with Crippen molar-refractivity contribution in [2.45, 2.75) is 6.42 Å². The minimum Gasteiger partial charge on any atom is -0.481 e. The molecule has 1 aromatic carbocycles. The highest BCUT2D eigenvalue weighted by atomic mass is 32.2. The number of esters is 1. The van der Waals surface area contributed by atoms with E-state index in [4.69, 9.17) is 5.11 Å². The van der Waals surface area contributed by atoms with Gasteiger partial charge in [0, 0.05) is 5.69 Å². The van der Waals surface area contributed by atoms with Gasteiger partial charge >= 0.3 is 11.9 Å². The van der Waals surface area contributed by atoms with Crippen LogP contribution in [0.25, 0.3) is 0 Å². The summed E-state index contributed by atoms with van der Waals surface area (Å²) in [6, 6.07) is 5.93. The van der Waals surface area contributed by atoms with E-state index in [1.54, 1.807) is 6.07 Å². The van der Waals surface area contributed by atoms with E-state index < -0.39 is 27.7 Å². The van der Waals surface area contributed by atoms with E-state index in [1.807, 2.05) is 0 Å². The first-order chi connectivity index (χ1) is 8.82. The van der Waals surface area contributed by atoms with Crippen molar-refractivity contribution in [2.24, 2.45) is 0 Å². The van der Waals surface area contributed by atoms with Crippen molar-refractivity contribution in [2.75, 3.05) is 17.6 Å². The summed E-state index contributed by atoms with van der Waals surface area (Å²) < 4.78 is 29.6. The molecule has 104 valence electrons. The first-order valence-electron chi connectivity index (χ1n) is 5.20. The van der Waals surface area contributed by atoms with Crippen molar-refractivity contribution >= 4 is 27.6 Å². The Morgan fingerprint density at radius 1 is 1.37 bits per heavy atom. The summed E-state index contributed by atoms with van der Waals surface area (Å²) in [6.45, 7) is 0. The number of hydrogen-bond donors (Lipinski definition) is 2. The SMILES string of the molecule is COC(=O)CS(=O)(=O)Nc1cccc(CC(=O)O)c1. The number of carboxylic acids is 1. The number of ether oxygens (including phenoxy) is 1. The largest absolute Gasteiger partial charge is 0.481 e. The average Bonchev–Trinajstić information content (AvgIpc) is 2.26. The number of methoxy groups -OCH3 is 1. The molecule has 1 aromatic rings. The molecule has 0 aromatic heterocycles. The number of nitrogens with one attached hydrogen (secondary N) is 1.